The first-order chi connectivity index (χ1) is 9.36. The summed E-state index contributed by atoms with van der Waals surface area (Å²) in [5, 5.41) is 6.10. The zero-order valence-corrected chi connectivity index (χ0v) is 11.1. The van der Waals surface area contributed by atoms with Gasteiger partial charge < -0.3 is 10.3 Å². The molecule has 1 aromatic carbocycles. The molecule has 0 aliphatic heterocycles. The van der Waals surface area contributed by atoms with Crippen LogP contribution in [0.15, 0.2) is 23.6 Å². The highest BCUT2D eigenvalue weighted by atomic mass is 32.1. The summed E-state index contributed by atoms with van der Waals surface area (Å²) in [7, 11) is 0. The maximum Gasteiger partial charge on any atom is 0.162 e. The fraction of sp³-hybridized carbons (Fsp3) is 0.308. The number of benzene rings is 1. The second-order valence-electron chi connectivity index (χ2n) is 4.85. The Labute approximate surface area is 114 Å². The van der Waals surface area contributed by atoms with E-state index in [1.165, 1.54) is 29.9 Å². The van der Waals surface area contributed by atoms with Crippen LogP contribution in [0.5, 0.6) is 0 Å². The van der Waals surface area contributed by atoms with E-state index in [1.807, 2.05) is 5.38 Å². The van der Waals surface area contributed by atoms with Gasteiger partial charge in [-0.25, -0.2) is 4.98 Å². The van der Waals surface area contributed by atoms with Crippen LogP contribution < -0.4 is 5.73 Å². The molecule has 5 nitrogen and oxygen atoms in total. The van der Waals surface area contributed by atoms with E-state index in [2.05, 4.69) is 32.4 Å². The minimum atomic E-state index is 0.541. The van der Waals surface area contributed by atoms with E-state index in [0.717, 1.165) is 22.6 Å². The maximum atomic E-state index is 5.70. The van der Waals surface area contributed by atoms with Gasteiger partial charge in [0, 0.05) is 18.0 Å². The van der Waals surface area contributed by atoms with Gasteiger partial charge in [-0.3, -0.25) is 0 Å². The number of hydrogen-bond acceptors (Lipinski definition) is 5. The molecule has 0 atom stereocenters. The minimum Gasteiger partial charge on any atom is -0.326 e. The maximum absolute atomic E-state index is 5.70. The van der Waals surface area contributed by atoms with Crippen LogP contribution in [0.4, 0.5) is 0 Å². The van der Waals surface area contributed by atoms with E-state index in [-0.39, 0.29) is 0 Å². The largest absolute Gasteiger partial charge is 0.326 e. The van der Waals surface area contributed by atoms with Gasteiger partial charge in [0.2, 0.25) is 0 Å². The van der Waals surface area contributed by atoms with Crippen molar-refractivity contribution in [2.45, 2.75) is 25.4 Å². The number of fused-ring (bicyclic) bond motifs is 1. The van der Waals surface area contributed by atoms with Gasteiger partial charge in [-0.15, -0.1) is 5.10 Å². The van der Waals surface area contributed by atoms with Crippen molar-refractivity contribution in [2.75, 3.05) is 0 Å². The van der Waals surface area contributed by atoms with Crippen LogP contribution in [0.1, 0.15) is 24.4 Å². The minimum absolute atomic E-state index is 0.541. The fourth-order valence-corrected chi connectivity index (χ4v) is 2.85. The summed E-state index contributed by atoms with van der Waals surface area (Å²) in [4.78, 5) is 4.74. The molecule has 2 N–H and O–H groups in total. The molecule has 6 heteroatoms. The van der Waals surface area contributed by atoms with E-state index in [4.69, 9.17) is 10.7 Å². The molecule has 1 aliphatic rings. The quantitative estimate of drug-likeness (QED) is 0.794. The molecule has 0 amide bonds. The van der Waals surface area contributed by atoms with Gasteiger partial charge in [0.1, 0.15) is 5.69 Å². The number of hydrogen-bond donors (Lipinski definition) is 1. The predicted molar refractivity (Wildman–Crippen MR) is 74.8 cm³/mol. The van der Waals surface area contributed by atoms with Crippen molar-refractivity contribution < 1.29 is 0 Å². The summed E-state index contributed by atoms with van der Waals surface area (Å²) < 4.78 is 6.24. The Morgan fingerprint density at radius 2 is 2.26 bits per heavy atom. The van der Waals surface area contributed by atoms with E-state index in [0.29, 0.717) is 12.6 Å². The number of aromatic nitrogens is 4. The van der Waals surface area contributed by atoms with Gasteiger partial charge >= 0.3 is 0 Å². The molecule has 1 fully saturated rings. The van der Waals surface area contributed by atoms with Crippen LogP contribution in [0.3, 0.4) is 0 Å². The molecular weight excluding hydrogens is 258 g/mol. The highest BCUT2D eigenvalue weighted by Gasteiger charge is 2.29. The van der Waals surface area contributed by atoms with Gasteiger partial charge in [-0.05, 0) is 42.1 Å². The molecule has 96 valence electrons. The van der Waals surface area contributed by atoms with Gasteiger partial charge in [-0.1, -0.05) is 10.6 Å². The number of rotatable bonds is 3. The Morgan fingerprint density at radius 1 is 1.37 bits per heavy atom. The zero-order valence-electron chi connectivity index (χ0n) is 10.3. The zero-order chi connectivity index (χ0) is 12.8. The molecule has 0 bridgehead atoms. The smallest absolute Gasteiger partial charge is 0.162 e. The molecule has 0 radical (unpaired) electrons. The summed E-state index contributed by atoms with van der Waals surface area (Å²) in [6, 6.07) is 6.82. The second-order valence-corrected chi connectivity index (χ2v) is 5.46. The van der Waals surface area contributed by atoms with Crippen molar-refractivity contribution in [3.63, 3.8) is 0 Å². The topological polar surface area (TPSA) is 69.6 Å². The summed E-state index contributed by atoms with van der Waals surface area (Å²) in [6.07, 6.45) is 2.43. The second kappa shape index (κ2) is 4.11. The van der Waals surface area contributed by atoms with Crippen LogP contribution in [-0.4, -0.2) is 19.1 Å². The van der Waals surface area contributed by atoms with Crippen LogP contribution in [0, 0.1) is 0 Å². The van der Waals surface area contributed by atoms with E-state index >= 15 is 0 Å². The van der Waals surface area contributed by atoms with Crippen LogP contribution in [0.2, 0.25) is 0 Å². The van der Waals surface area contributed by atoms with Gasteiger partial charge in [0.25, 0.3) is 0 Å². The highest BCUT2D eigenvalue weighted by Crippen LogP contribution is 2.41. The number of imidazole rings is 1. The third-order valence-electron chi connectivity index (χ3n) is 3.49. The molecule has 19 heavy (non-hydrogen) atoms. The summed E-state index contributed by atoms with van der Waals surface area (Å²) in [6.45, 7) is 0.541. The molecule has 2 heterocycles. The lowest BCUT2D eigenvalue weighted by atomic mass is 10.2. The Balaban J connectivity index is 1.98. The van der Waals surface area contributed by atoms with Crippen LogP contribution in [-0.2, 0) is 6.54 Å². The Morgan fingerprint density at radius 3 is 2.95 bits per heavy atom. The third kappa shape index (κ3) is 1.75. The SMILES string of the molecule is NCc1ccc2c(c1)nc(-c1csnn1)n2C1CC1. The molecule has 0 unspecified atom stereocenters. The van der Waals surface area contributed by atoms with Crippen molar-refractivity contribution in [1.82, 2.24) is 19.1 Å². The van der Waals surface area contributed by atoms with E-state index in [1.54, 1.807) is 0 Å². The summed E-state index contributed by atoms with van der Waals surface area (Å²) in [5.74, 6) is 0.931. The molecule has 3 aromatic rings. The van der Waals surface area contributed by atoms with Crippen molar-refractivity contribution in [3.05, 3.63) is 29.1 Å². The van der Waals surface area contributed by atoms with Crippen LogP contribution in [0.25, 0.3) is 22.6 Å². The van der Waals surface area contributed by atoms with Gasteiger partial charge in [0.15, 0.2) is 5.82 Å². The highest BCUT2D eigenvalue weighted by molar-refractivity contribution is 7.03. The Kier molecular flexibility index (Phi) is 2.39. The lowest BCUT2D eigenvalue weighted by Gasteiger charge is -2.05. The van der Waals surface area contributed by atoms with Crippen molar-refractivity contribution in [3.8, 4) is 11.5 Å². The molecule has 1 saturated carbocycles. The van der Waals surface area contributed by atoms with Crippen molar-refractivity contribution in [1.29, 1.82) is 0 Å². The Hall–Kier alpha value is -1.79. The fourth-order valence-electron chi connectivity index (χ4n) is 2.42. The van der Waals surface area contributed by atoms with E-state index < -0.39 is 0 Å². The van der Waals surface area contributed by atoms with Gasteiger partial charge in [0.05, 0.1) is 11.0 Å². The van der Waals surface area contributed by atoms with Crippen molar-refractivity contribution >= 4 is 22.6 Å². The first-order valence-electron chi connectivity index (χ1n) is 6.35. The summed E-state index contributed by atoms with van der Waals surface area (Å²) in [5.41, 5.74) is 9.84. The molecule has 1 aliphatic carbocycles. The third-order valence-corrected chi connectivity index (χ3v) is 4.00. The number of nitrogens with two attached hydrogens (primary N) is 1. The first kappa shape index (κ1) is 11.1. The molecule has 0 saturated heterocycles. The molecule has 0 spiro atoms. The summed E-state index contributed by atoms with van der Waals surface area (Å²) >= 11 is 1.36. The van der Waals surface area contributed by atoms with Crippen molar-refractivity contribution in [2.24, 2.45) is 5.73 Å². The lowest BCUT2D eigenvalue weighted by Crippen LogP contribution is -1.98. The number of nitrogens with zero attached hydrogens (tertiary/aromatic N) is 4. The monoisotopic (exact) mass is 271 g/mol. The molecular formula is C13H13N5S. The Bertz CT molecular complexity index is 727. The molecule has 4 rings (SSSR count). The predicted octanol–water partition coefficient (Wildman–Crippen LogP) is 2.35. The molecule has 2 aromatic heterocycles. The standard InChI is InChI=1S/C13H13N5S/c14-6-8-1-4-12-10(5-8)15-13(11-7-19-17-16-11)18(12)9-2-3-9/h1,4-5,7,9H,2-3,6,14H2. The normalized spacial score (nSPS) is 15.2. The average Bonchev–Trinajstić information content (AvgIpc) is 3.01. The van der Waals surface area contributed by atoms with E-state index in [9.17, 15) is 0 Å². The first-order valence-corrected chi connectivity index (χ1v) is 7.19. The van der Waals surface area contributed by atoms with Crippen LogP contribution >= 0.6 is 11.5 Å². The lowest BCUT2D eigenvalue weighted by molar-refractivity contribution is 0.771. The van der Waals surface area contributed by atoms with Gasteiger partial charge in [-0.2, -0.15) is 0 Å². The average molecular weight is 271 g/mol.